The Bertz CT molecular complexity index is 1130. The van der Waals surface area contributed by atoms with E-state index < -0.39 is 28.5 Å². The minimum Gasteiger partial charge on any atom is -0.354 e. The van der Waals surface area contributed by atoms with E-state index in [1.54, 1.807) is 49.4 Å². The molecule has 1 atom stereocenters. The normalized spacial score (nSPS) is 12.4. The number of nitrogens with zero attached hydrogens (tertiary/aromatic N) is 2. The third-order valence-corrected chi connectivity index (χ3v) is 7.26. The van der Waals surface area contributed by atoms with Gasteiger partial charge < -0.3 is 10.2 Å². The highest BCUT2D eigenvalue weighted by Crippen LogP contribution is 2.25. The first kappa shape index (κ1) is 28.4. The average Bonchev–Trinajstić information content (AvgIpc) is 2.74. The third-order valence-electron chi connectivity index (χ3n) is 5.00. The highest BCUT2D eigenvalue weighted by atomic mass is 79.9. The van der Waals surface area contributed by atoms with Crippen LogP contribution in [0.1, 0.15) is 26.3 Å². The van der Waals surface area contributed by atoms with E-state index in [2.05, 4.69) is 21.2 Å². The van der Waals surface area contributed by atoms with E-state index >= 15 is 0 Å². The van der Waals surface area contributed by atoms with Gasteiger partial charge in [-0.2, -0.15) is 0 Å². The molecule has 0 heterocycles. The summed E-state index contributed by atoms with van der Waals surface area (Å²) in [6.45, 7) is 5.49. The van der Waals surface area contributed by atoms with Gasteiger partial charge >= 0.3 is 0 Å². The largest absolute Gasteiger partial charge is 0.354 e. The first-order valence-corrected chi connectivity index (χ1v) is 13.9. The highest BCUT2D eigenvalue weighted by Gasteiger charge is 2.30. The van der Waals surface area contributed by atoms with Gasteiger partial charge in [0.2, 0.25) is 21.8 Å². The Kier molecular flexibility index (Phi) is 10.2. The second-order valence-electron chi connectivity index (χ2n) is 8.32. The Balaban J connectivity index is 2.39. The first-order chi connectivity index (χ1) is 15.8. The van der Waals surface area contributed by atoms with Crippen LogP contribution in [0.4, 0.5) is 5.69 Å². The number of benzene rings is 2. The molecule has 11 heteroatoms. The van der Waals surface area contributed by atoms with E-state index in [4.69, 9.17) is 23.2 Å². The fourth-order valence-electron chi connectivity index (χ4n) is 3.09. The molecule has 0 aliphatic carbocycles. The van der Waals surface area contributed by atoms with Crippen molar-refractivity contribution in [3.63, 3.8) is 0 Å². The van der Waals surface area contributed by atoms with Gasteiger partial charge in [-0.1, -0.05) is 59.0 Å². The average molecular weight is 593 g/mol. The summed E-state index contributed by atoms with van der Waals surface area (Å²) in [5.74, 6) is -0.669. The van der Waals surface area contributed by atoms with Gasteiger partial charge in [0, 0.05) is 27.6 Å². The molecule has 0 radical (unpaired) electrons. The number of rotatable bonds is 10. The van der Waals surface area contributed by atoms with Crippen molar-refractivity contribution in [2.24, 2.45) is 5.92 Å². The molecule has 2 amide bonds. The topological polar surface area (TPSA) is 86.8 Å². The molecule has 0 saturated carbocycles. The Labute approximate surface area is 219 Å². The van der Waals surface area contributed by atoms with Crippen LogP contribution in [-0.2, 0) is 26.2 Å². The van der Waals surface area contributed by atoms with Crippen molar-refractivity contribution < 1.29 is 18.0 Å². The van der Waals surface area contributed by atoms with Crippen molar-refractivity contribution >= 4 is 66.7 Å². The SMILES string of the molecule is CC(C)CNC(=O)[C@@H](C)N(Cc1ccc(Cl)cc1Cl)C(=O)CN(c1ccc(Br)cc1)S(C)(=O)=O. The molecule has 2 aromatic carbocycles. The van der Waals surface area contributed by atoms with Crippen LogP contribution >= 0.6 is 39.1 Å². The highest BCUT2D eigenvalue weighted by molar-refractivity contribution is 9.10. The summed E-state index contributed by atoms with van der Waals surface area (Å²) in [7, 11) is -3.79. The van der Waals surface area contributed by atoms with E-state index in [9.17, 15) is 18.0 Å². The van der Waals surface area contributed by atoms with Gasteiger partial charge in [0.1, 0.15) is 12.6 Å². The predicted octanol–water partition coefficient (Wildman–Crippen LogP) is 4.71. The number of halogens is 3. The lowest BCUT2D eigenvalue weighted by Crippen LogP contribution is -2.51. The van der Waals surface area contributed by atoms with Crippen LogP contribution in [0.25, 0.3) is 0 Å². The molecule has 0 fully saturated rings. The summed E-state index contributed by atoms with van der Waals surface area (Å²) in [5.41, 5.74) is 0.915. The van der Waals surface area contributed by atoms with Crippen molar-refractivity contribution in [2.45, 2.75) is 33.4 Å². The predicted molar refractivity (Wildman–Crippen MR) is 141 cm³/mol. The van der Waals surface area contributed by atoms with Crippen LogP contribution < -0.4 is 9.62 Å². The maximum atomic E-state index is 13.5. The minimum atomic E-state index is -3.79. The molecule has 2 aromatic rings. The Hall–Kier alpha value is -1.81. The monoisotopic (exact) mass is 591 g/mol. The molecule has 34 heavy (non-hydrogen) atoms. The number of amides is 2. The fraction of sp³-hybridized carbons (Fsp3) is 0.391. The molecule has 0 saturated heterocycles. The molecule has 186 valence electrons. The quantitative estimate of drug-likeness (QED) is 0.433. The van der Waals surface area contributed by atoms with Crippen molar-refractivity contribution in [1.29, 1.82) is 0 Å². The summed E-state index contributed by atoms with van der Waals surface area (Å²) < 4.78 is 26.8. The number of nitrogens with one attached hydrogen (secondary N) is 1. The molecule has 0 bridgehead atoms. The molecule has 0 aliphatic rings. The smallest absolute Gasteiger partial charge is 0.244 e. The van der Waals surface area contributed by atoms with Crippen LogP contribution in [0, 0.1) is 5.92 Å². The number of carbonyl (C=O) groups excluding carboxylic acids is 2. The second kappa shape index (κ2) is 12.2. The Morgan fingerprint density at radius 2 is 1.68 bits per heavy atom. The molecular weight excluding hydrogens is 565 g/mol. The summed E-state index contributed by atoms with van der Waals surface area (Å²) >= 11 is 15.6. The van der Waals surface area contributed by atoms with Crippen molar-refractivity contribution in [3.8, 4) is 0 Å². The second-order valence-corrected chi connectivity index (χ2v) is 12.0. The van der Waals surface area contributed by atoms with Crippen LogP contribution in [0.15, 0.2) is 46.9 Å². The molecule has 2 rings (SSSR count). The van der Waals surface area contributed by atoms with Crippen molar-refractivity contribution in [1.82, 2.24) is 10.2 Å². The fourth-order valence-corrected chi connectivity index (χ4v) is 4.67. The zero-order chi connectivity index (χ0) is 25.6. The zero-order valence-corrected chi connectivity index (χ0v) is 23.3. The third kappa shape index (κ3) is 8.15. The van der Waals surface area contributed by atoms with E-state index in [1.165, 1.54) is 4.90 Å². The van der Waals surface area contributed by atoms with Crippen LogP contribution in [0.3, 0.4) is 0 Å². The molecule has 0 aliphatic heterocycles. The van der Waals surface area contributed by atoms with Gasteiger partial charge in [-0.15, -0.1) is 0 Å². The Morgan fingerprint density at radius 1 is 1.06 bits per heavy atom. The number of hydrogen-bond donors (Lipinski definition) is 1. The van der Waals surface area contributed by atoms with Gasteiger partial charge in [-0.05, 0) is 54.8 Å². The summed E-state index contributed by atoms with van der Waals surface area (Å²) in [4.78, 5) is 27.6. The summed E-state index contributed by atoms with van der Waals surface area (Å²) in [6, 6.07) is 10.6. The van der Waals surface area contributed by atoms with Crippen LogP contribution in [0.2, 0.25) is 10.0 Å². The first-order valence-electron chi connectivity index (χ1n) is 10.5. The molecule has 0 unspecified atom stereocenters. The molecule has 0 aromatic heterocycles. The van der Waals surface area contributed by atoms with Crippen LogP contribution in [0.5, 0.6) is 0 Å². The van der Waals surface area contributed by atoms with Gasteiger partial charge in [0.05, 0.1) is 11.9 Å². The van der Waals surface area contributed by atoms with E-state index in [1.807, 2.05) is 13.8 Å². The maximum Gasteiger partial charge on any atom is 0.244 e. The lowest BCUT2D eigenvalue weighted by Gasteiger charge is -2.32. The van der Waals surface area contributed by atoms with E-state index in [-0.39, 0.29) is 18.4 Å². The Morgan fingerprint density at radius 3 is 2.21 bits per heavy atom. The standard InChI is InChI=1S/C23H28BrCl2N3O4S/c1-15(2)12-27-23(31)16(3)28(13-17-5-8-19(25)11-21(17)26)22(30)14-29(34(4,32)33)20-9-6-18(24)7-10-20/h5-11,15-16H,12-14H2,1-4H3,(H,27,31)/t16-/m1/s1. The van der Waals surface area contributed by atoms with Gasteiger partial charge in [-0.25, -0.2) is 8.42 Å². The zero-order valence-electron chi connectivity index (χ0n) is 19.4. The number of sulfonamides is 1. The molecule has 1 N–H and O–H groups in total. The van der Waals surface area contributed by atoms with E-state index in [0.717, 1.165) is 15.0 Å². The lowest BCUT2D eigenvalue weighted by atomic mass is 10.1. The van der Waals surface area contributed by atoms with Crippen molar-refractivity contribution in [2.75, 3.05) is 23.7 Å². The lowest BCUT2D eigenvalue weighted by molar-refractivity contribution is -0.139. The molecule has 0 spiro atoms. The van der Waals surface area contributed by atoms with Crippen LogP contribution in [-0.4, -0.2) is 50.5 Å². The maximum absolute atomic E-state index is 13.5. The van der Waals surface area contributed by atoms with Crippen molar-refractivity contribution in [3.05, 3.63) is 62.5 Å². The molecular formula is C23H28BrCl2N3O4S. The van der Waals surface area contributed by atoms with Gasteiger partial charge in [0.15, 0.2) is 0 Å². The summed E-state index contributed by atoms with van der Waals surface area (Å²) in [5, 5.41) is 3.60. The number of hydrogen-bond acceptors (Lipinski definition) is 4. The van der Waals surface area contributed by atoms with Gasteiger partial charge in [-0.3, -0.25) is 13.9 Å². The molecule has 7 nitrogen and oxygen atoms in total. The number of carbonyl (C=O) groups is 2. The minimum absolute atomic E-state index is 0.00302. The summed E-state index contributed by atoms with van der Waals surface area (Å²) in [6.07, 6.45) is 1.03. The number of anilines is 1. The van der Waals surface area contributed by atoms with Gasteiger partial charge in [0.25, 0.3) is 0 Å². The van der Waals surface area contributed by atoms with E-state index in [0.29, 0.717) is 27.8 Å².